The van der Waals surface area contributed by atoms with Crippen LogP contribution in [0.2, 0.25) is 0 Å². The van der Waals surface area contributed by atoms with Crippen LogP contribution in [0.25, 0.3) is 0 Å². The van der Waals surface area contributed by atoms with Crippen molar-refractivity contribution in [2.45, 2.75) is 25.7 Å². The normalized spacial score (nSPS) is 15.7. The van der Waals surface area contributed by atoms with E-state index >= 15 is 0 Å². The Morgan fingerprint density at radius 2 is 2.18 bits per heavy atom. The van der Waals surface area contributed by atoms with Gasteiger partial charge in [0.2, 0.25) is 0 Å². The number of amides is 1. The summed E-state index contributed by atoms with van der Waals surface area (Å²) < 4.78 is 0.901. The molecule has 1 aliphatic heterocycles. The Morgan fingerprint density at radius 3 is 2.95 bits per heavy atom. The number of benzene rings is 1. The van der Waals surface area contributed by atoms with Crippen molar-refractivity contribution in [3.8, 4) is 0 Å². The number of hydrogen-bond acceptors (Lipinski definition) is 4. The highest BCUT2D eigenvalue weighted by Gasteiger charge is 2.19. The fourth-order valence-corrected chi connectivity index (χ4v) is 3.98. The predicted molar refractivity (Wildman–Crippen MR) is 93.8 cm³/mol. The number of carbonyl (C=O) groups excluding carboxylic acids is 1. The zero-order valence-electron chi connectivity index (χ0n) is 12.4. The summed E-state index contributed by atoms with van der Waals surface area (Å²) in [5, 5.41) is 6.96. The second-order valence-electron chi connectivity index (χ2n) is 5.51. The van der Waals surface area contributed by atoms with E-state index < -0.39 is 0 Å². The van der Waals surface area contributed by atoms with Gasteiger partial charge in [-0.1, -0.05) is 22.0 Å². The zero-order chi connectivity index (χ0) is 15.5. The van der Waals surface area contributed by atoms with Crippen LogP contribution in [0, 0.1) is 6.92 Å². The van der Waals surface area contributed by atoms with Gasteiger partial charge in [-0.15, -0.1) is 11.3 Å². The van der Waals surface area contributed by atoms with E-state index in [2.05, 4.69) is 31.5 Å². The summed E-state index contributed by atoms with van der Waals surface area (Å²) >= 11 is 5.00. The molecule has 1 saturated heterocycles. The Bertz CT molecular complexity index is 680. The molecule has 22 heavy (non-hydrogen) atoms. The minimum atomic E-state index is -0.106. The Kier molecular flexibility index (Phi) is 4.90. The Hall–Kier alpha value is -1.24. The first-order valence-electron chi connectivity index (χ1n) is 7.37. The number of rotatable bonds is 3. The first-order valence-corrected chi connectivity index (χ1v) is 8.98. The first kappa shape index (κ1) is 15.6. The van der Waals surface area contributed by atoms with Gasteiger partial charge in [0.15, 0.2) is 5.13 Å². The zero-order valence-corrected chi connectivity index (χ0v) is 14.8. The van der Waals surface area contributed by atoms with E-state index in [1.807, 2.05) is 31.3 Å². The summed E-state index contributed by atoms with van der Waals surface area (Å²) in [7, 11) is 0. The number of aromatic nitrogens is 1. The number of piperidine rings is 1. The van der Waals surface area contributed by atoms with E-state index in [0.717, 1.165) is 36.0 Å². The van der Waals surface area contributed by atoms with E-state index in [9.17, 15) is 4.79 Å². The third kappa shape index (κ3) is 3.56. The molecule has 6 heteroatoms. The summed E-state index contributed by atoms with van der Waals surface area (Å²) in [4.78, 5) is 18.0. The van der Waals surface area contributed by atoms with Crippen molar-refractivity contribution in [1.29, 1.82) is 0 Å². The standard InChI is InChI=1S/C16H18BrN3OS/c1-10-2-3-12(17)8-13(10)15(21)20-16-19-9-14(22-16)11-4-6-18-7-5-11/h2-3,8-9,11,18H,4-7H2,1H3,(H,19,20,21). The Morgan fingerprint density at radius 1 is 1.41 bits per heavy atom. The molecule has 0 bridgehead atoms. The van der Waals surface area contributed by atoms with Crippen molar-refractivity contribution in [2.75, 3.05) is 18.4 Å². The number of nitrogens with one attached hydrogen (secondary N) is 2. The van der Waals surface area contributed by atoms with Crippen molar-refractivity contribution in [3.63, 3.8) is 0 Å². The lowest BCUT2D eigenvalue weighted by Gasteiger charge is -2.20. The maximum atomic E-state index is 12.4. The maximum absolute atomic E-state index is 12.4. The van der Waals surface area contributed by atoms with Gasteiger partial charge >= 0.3 is 0 Å². The molecule has 0 unspecified atom stereocenters. The molecule has 2 heterocycles. The number of anilines is 1. The number of carbonyl (C=O) groups is 1. The number of hydrogen-bond donors (Lipinski definition) is 2. The van der Waals surface area contributed by atoms with E-state index in [1.165, 1.54) is 4.88 Å². The quantitative estimate of drug-likeness (QED) is 0.848. The van der Waals surface area contributed by atoms with Gasteiger partial charge in [0.1, 0.15) is 0 Å². The van der Waals surface area contributed by atoms with E-state index in [-0.39, 0.29) is 5.91 Å². The number of halogens is 1. The summed E-state index contributed by atoms with van der Waals surface area (Å²) in [5.41, 5.74) is 1.63. The molecule has 2 N–H and O–H groups in total. The molecule has 1 aromatic heterocycles. The molecule has 4 nitrogen and oxygen atoms in total. The summed E-state index contributed by atoms with van der Waals surface area (Å²) in [6.45, 7) is 4.05. The van der Waals surface area contributed by atoms with E-state index in [4.69, 9.17) is 0 Å². The van der Waals surface area contributed by atoms with Crippen LogP contribution in [0.5, 0.6) is 0 Å². The van der Waals surface area contributed by atoms with E-state index in [1.54, 1.807) is 11.3 Å². The molecule has 116 valence electrons. The lowest BCUT2D eigenvalue weighted by atomic mass is 9.97. The third-order valence-corrected chi connectivity index (χ3v) is 5.50. The average Bonchev–Trinajstić information content (AvgIpc) is 2.99. The molecule has 1 aromatic carbocycles. The second kappa shape index (κ2) is 6.89. The monoisotopic (exact) mass is 379 g/mol. The average molecular weight is 380 g/mol. The molecule has 2 aromatic rings. The Labute approximate surface area is 142 Å². The molecule has 0 spiro atoms. The van der Waals surface area contributed by atoms with Gasteiger partial charge in [-0.05, 0) is 56.5 Å². The molecule has 0 atom stereocenters. The highest BCUT2D eigenvalue weighted by Crippen LogP contribution is 2.32. The molecule has 0 saturated carbocycles. The molecular weight excluding hydrogens is 362 g/mol. The topological polar surface area (TPSA) is 54.0 Å². The summed E-state index contributed by atoms with van der Waals surface area (Å²) in [5.74, 6) is 0.460. The van der Waals surface area contributed by atoms with Crippen molar-refractivity contribution >= 4 is 38.3 Å². The lowest BCUT2D eigenvalue weighted by molar-refractivity contribution is 0.102. The molecular formula is C16H18BrN3OS. The van der Waals surface area contributed by atoms with Gasteiger partial charge in [-0.3, -0.25) is 10.1 Å². The van der Waals surface area contributed by atoms with Gasteiger partial charge in [-0.2, -0.15) is 0 Å². The smallest absolute Gasteiger partial charge is 0.257 e. The van der Waals surface area contributed by atoms with Gasteiger partial charge in [0.25, 0.3) is 5.91 Å². The van der Waals surface area contributed by atoms with Crippen LogP contribution in [0.3, 0.4) is 0 Å². The van der Waals surface area contributed by atoms with Crippen molar-refractivity contribution in [1.82, 2.24) is 10.3 Å². The highest BCUT2D eigenvalue weighted by atomic mass is 79.9. The number of aryl methyl sites for hydroxylation is 1. The van der Waals surface area contributed by atoms with Crippen molar-refractivity contribution in [2.24, 2.45) is 0 Å². The van der Waals surface area contributed by atoms with E-state index in [0.29, 0.717) is 16.6 Å². The Balaban J connectivity index is 1.71. The van der Waals surface area contributed by atoms with Gasteiger partial charge in [-0.25, -0.2) is 4.98 Å². The minimum Gasteiger partial charge on any atom is -0.317 e. The molecule has 0 aliphatic carbocycles. The summed E-state index contributed by atoms with van der Waals surface area (Å²) in [6.07, 6.45) is 4.19. The van der Waals surface area contributed by atoms with Gasteiger partial charge < -0.3 is 5.32 Å². The molecule has 3 rings (SSSR count). The van der Waals surface area contributed by atoms with Crippen molar-refractivity contribution < 1.29 is 4.79 Å². The third-order valence-electron chi connectivity index (χ3n) is 3.93. The lowest BCUT2D eigenvalue weighted by Crippen LogP contribution is -2.26. The second-order valence-corrected chi connectivity index (χ2v) is 7.48. The first-order chi connectivity index (χ1) is 10.6. The van der Waals surface area contributed by atoms with Crippen LogP contribution in [0.1, 0.15) is 39.6 Å². The van der Waals surface area contributed by atoms with Crippen LogP contribution < -0.4 is 10.6 Å². The minimum absolute atomic E-state index is 0.106. The van der Waals surface area contributed by atoms with Crippen LogP contribution in [0.15, 0.2) is 28.9 Å². The number of nitrogens with zero attached hydrogens (tertiary/aromatic N) is 1. The van der Waals surface area contributed by atoms with Gasteiger partial charge in [0, 0.05) is 21.1 Å². The molecule has 1 aliphatic rings. The van der Waals surface area contributed by atoms with Crippen LogP contribution >= 0.6 is 27.3 Å². The maximum Gasteiger partial charge on any atom is 0.257 e. The molecule has 1 amide bonds. The molecule has 0 radical (unpaired) electrons. The fourth-order valence-electron chi connectivity index (χ4n) is 2.64. The SMILES string of the molecule is Cc1ccc(Br)cc1C(=O)Nc1ncc(C2CCNCC2)s1. The number of thiazole rings is 1. The van der Waals surface area contributed by atoms with Crippen molar-refractivity contribution in [3.05, 3.63) is 44.9 Å². The fraction of sp³-hybridized carbons (Fsp3) is 0.375. The highest BCUT2D eigenvalue weighted by molar-refractivity contribution is 9.10. The van der Waals surface area contributed by atoms with Gasteiger partial charge in [0.05, 0.1) is 0 Å². The summed E-state index contributed by atoms with van der Waals surface area (Å²) in [6, 6.07) is 5.71. The van der Waals surface area contributed by atoms with Crippen LogP contribution in [-0.4, -0.2) is 24.0 Å². The van der Waals surface area contributed by atoms with Crippen LogP contribution in [-0.2, 0) is 0 Å². The predicted octanol–water partition coefficient (Wildman–Crippen LogP) is 3.93. The molecule has 1 fully saturated rings. The van der Waals surface area contributed by atoms with Crippen LogP contribution in [0.4, 0.5) is 5.13 Å². The largest absolute Gasteiger partial charge is 0.317 e.